The van der Waals surface area contributed by atoms with Gasteiger partial charge in [-0.1, -0.05) is 6.07 Å². The standard InChI is InChI=1S/C13H17N3O3/c1-8-9(11(14)17)3-2-4-10(8)16-12(18)13(15)5-6-19-7-13/h2-4H,5-7,15H2,1H3,(H2,14,17)(H,16,18). The van der Waals surface area contributed by atoms with E-state index in [2.05, 4.69) is 5.32 Å². The lowest BCUT2D eigenvalue weighted by Crippen LogP contribution is -2.51. The zero-order valence-corrected chi connectivity index (χ0v) is 10.7. The highest BCUT2D eigenvalue weighted by Crippen LogP contribution is 2.22. The van der Waals surface area contributed by atoms with Gasteiger partial charge in [-0.15, -0.1) is 0 Å². The van der Waals surface area contributed by atoms with Crippen molar-refractivity contribution >= 4 is 17.5 Å². The Kier molecular flexibility index (Phi) is 3.55. The maximum absolute atomic E-state index is 12.1. The van der Waals surface area contributed by atoms with Gasteiger partial charge >= 0.3 is 0 Å². The van der Waals surface area contributed by atoms with Crippen LogP contribution in [0, 0.1) is 6.92 Å². The van der Waals surface area contributed by atoms with Crippen LogP contribution >= 0.6 is 0 Å². The maximum atomic E-state index is 12.1. The van der Waals surface area contributed by atoms with Crippen LogP contribution in [0.15, 0.2) is 18.2 Å². The van der Waals surface area contributed by atoms with E-state index < -0.39 is 11.4 Å². The fourth-order valence-corrected chi connectivity index (χ4v) is 2.04. The molecule has 1 aliphatic rings. The van der Waals surface area contributed by atoms with Gasteiger partial charge in [-0.3, -0.25) is 9.59 Å². The van der Waals surface area contributed by atoms with Gasteiger partial charge in [-0.05, 0) is 31.0 Å². The highest BCUT2D eigenvalue weighted by Gasteiger charge is 2.38. The molecule has 1 aliphatic heterocycles. The number of hydrogen-bond acceptors (Lipinski definition) is 4. The quantitative estimate of drug-likeness (QED) is 0.721. The fourth-order valence-electron chi connectivity index (χ4n) is 2.04. The molecule has 1 heterocycles. The Bertz CT molecular complexity index is 522. The van der Waals surface area contributed by atoms with Crippen molar-refractivity contribution in [2.24, 2.45) is 11.5 Å². The first-order valence-electron chi connectivity index (χ1n) is 6.01. The molecule has 1 unspecified atom stereocenters. The van der Waals surface area contributed by atoms with Crippen molar-refractivity contribution in [3.05, 3.63) is 29.3 Å². The van der Waals surface area contributed by atoms with E-state index in [1.165, 1.54) is 0 Å². The third kappa shape index (κ3) is 2.59. The molecule has 0 bridgehead atoms. The van der Waals surface area contributed by atoms with E-state index in [-0.39, 0.29) is 12.5 Å². The minimum absolute atomic E-state index is 0.202. The van der Waals surface area contributed by atoms with E-state index in [4.69, 9.17) is 16.2 Å². The molecule has 1 fully saturated rings. The average molecular weight is 263 g/mol. The van der Waals surface area contributed by atoms with Crippen LogP contribution in [0.4, 0.5) is 5.69 Å². The molecule has 1 saturated heterocycles. The molecule has 1 aromatic rings. The number of benzene rings is 1. The van der Waals surface area contributed by atoms with Crippen molar-refractivity contribution in [3.63, 3.8) is 0 Å². The number of primary amides is 1. The molecule has 5 N–H and O–H groups in total. The number of rotatable bonds is 3. The van der Waals surface area contributed by atoms with E-state index in [9.17, 15) is 9.59 Å². The molecular weight excluding hydrogens is 246 g/mol. The van der Waals surface area contributed by atoms with Crippen molar-refractivity contribution in [2.75, 3.05) is 18.5 Å². The van der Waals surface area contributed by atoms with E-state index in [0.717, 1.165) is 0 Å². The summed E-state index contributed by atoms with van der Waals surface area (Å²) in [7, 11) is 0. The smallest absolute Gasteiger partial charge is 0.249 e. The second kappa shape index (κ2) is 4.99. The molecule has 2 amide bonds. The molecule has 0 spiro atoms. The van der Waals surface area contributed by atoms with Crippen LogP contribution in [-0.2, 0) is 9.53 Å². The Labute approximate surface area is 111 Å². The third-order valence-electron chi connectivity index (χ3n) is 3.35. The molecule has 0 aliphatic carbocycles. The van der Waals surface area contributed by atoms with Gasteiger partial charge < -0.3 is 21.5 Å². The second-order valence-electron chi connectivity index (χ2n) is 4.76. The average Bonchev–Trinajstić information content (AvgIpc) is 2.80. The maximum Gasteiger partial charge on any atom is 0.249 e. The van der Waals surface area contributed by atoms with E-state index in [1.807, 2.05) is 0 Å². The van der Waals surface area contributed by atoms with Gasteiger partial charge in [0.15, 0.2) is 0 Å². The molecule has 6 heteroatoms. The summed E-state index contributed by atoms with van der Waals surface area (Å²) in [4.78, 5) is 23.4. The summed E-state index contributed by atoms with van der Waals surface area (Å²) >= 11 is 0. The first kappa shape index (κ1) is 13.5. The number of hydrogen-bond donors (Lipinski definition) is 3. The van der Waals surface area contributed by atoms with Gasteiger partial charge in [-0.25, -0.2) is 0 Å². The third-order valence-corrected chi connectivity index (χ3v) is 3.35. The molecule has 0 aromatic heterocycles. The van der Waals surface area contributed by atoms with Crippen molar-refractivity contribution < 1.29 is 14.3 Å². The summed E-state index contributed by atoms with van der Waals surface area (Å²) in [5.41, 5.74) is 11.8. The molecule has 0 saturated carbocycles. The molecule has 1 aromatic carbocycles. The van der Waals surface area contributed by atoms with Crippen LogP contribution in [0.3, 0.4) is 0 Å². The Balaban J connectivity index is 2.22. The summed E-state index contributed by atoms with van der Waals surface area (Å²) in [5, 5.41) is 2.74. The van der Waals surface area contributed by atoms with Gasteiger partial charge in [0.1, 0.15) is 5.54 Å². The number of carbonyl (C=O) groups excluding carboxylic acids is 2. The predicted molar refractivity (Wildman–Crippen MR) is 70.7 cm³/mol. The van der Waals surface area contributed by atoms with Gasteiger partial charge in [0, 0.05) is 17.9 Å². The molecule has 102 valence electrons. The zero-order chi connectivity index (χ0) is 14.0. The first-order chi connectivity index (χ1) is 8.94. The highest BCUT2D eigenvalue weighted by atomic mass is 16.5. The van der Waals surface area contributed by atoms with Crippen LogP contribution in [0.1, 0.15) is 22.3 Å². The molecule has 0 radical (unpaired) electrons. The van der Waals surface area contributed by atoms with Gasteiger partial charge in [0.25, 0.3) is 0 Å². The minimum Gasteiger partial charge on any atom is -0.379 e. The molecule has 1 atom stereocenters. The lowest BCUT2D eigenvalue weighted by Gasteiger charge is -2.21. The monoisotopic (exact) mass is 263 g/mol. The van der Waals surface area contributed by atoms with Crippen LogP contribution in [0.5, 0.6) is 0 Å². The summed E-state index contributed by atoms with van der Waals surface area (Å²) < 4.78 is 5.15. The Morgan fingerprint density at radius 3 is 2.74 bits per heavy atom. The van der Waals surface area contributed by atoms with Crippen molar-refractivity contribution in [1.29, 1.82) is 0 Å². The first-order valence-corrected chi connectivity index (χ1v) is 6.01. The number of nitrogens with one attached hydrogen (secondary N) is 1. The number of amides is 2. The Morgan fingerprint density at radius 2 is 2.16 bits per heavy atom. The molecule has 19 heavy (non-hydrogen) atoms. The number of anilines is 1. The lowest BCUT2D eigenvalue weighted by molar-refractivity contribution is -0.121. The van der Waals surface area contributed by atoms with Gasteiger partial charge in [0.2, 0.25) is 11.8 Å². The topological polar surface area (TPSA) is 107 Å². The minimum atomic E-state index is -1.00. The van der Waals surface area contributed by atoms with Crippen molar-refractivity contribution in [1.82, 2.24) is 0 Å². The summed E-state index contributed by atoms with van der Waals surface area (Å²) in [6.45, 7) is 2.40. The number of nitrogens with two attached hydrogens (primary N) is 2. The Hall–Kier alpha value is -1.92. The Morgan fingerprint density at radius 1 is 1.42 bits per heavy atom. The van der Waals surface area contributed by atoms with Crippen LogP contribution in [-0.4, -0.2) is 30.6 Å². The molecule has 2 rings (SSSR count). The van der Waals surface area contributed by atoms with Crippen molar-refractivity contribution in [2.45, 2.75) is 18.9 Å². The van der Waals surface area contributed by atoms with Crippen LogP contribution in [0.2, 0.25) is 0 Å². The largest absolute Gasteiger partial charge is 0.379 e. The second-order valence-corrected chi connectivity index (χ2v) is 4.76. The molecule has 6 nitrogen and oxygen atoms in total. The van der Waals surface area contributed by atoms with E-state index >= 15 is 0 Å². The van der Waals surface area contributed by atoms with Crippen LogP contribution < -0.4 is 16.8 Å². The predicted octanol–water partition coefficient (Wildman–Crippen LogP) is 0.150. The zero-order valence-electron chi connectivity index (χ0n) is 10.7. The number of ether oxygens (including phenoxy) is 1. The SMILES string of the molecule is Cc1c(NC(=O)C2(N)CCOC2)cccc1C(N)=O. The lowest BCUT2D eigenvalue weighted by atomic mass is 9.98. The van der Waals surface area contributed by atoms with Gasteiger partial charge in [-0.2, -0.15) is 0 Å². The highest BCUT2D eigenvalue weighted by molar-refractivity contribution is 6.01. The van der Waals surface area contributed by atoms with E-state index in [1.54, 1.807) is 25.1 Å². The normalized spacial score (nSPS) is 22.2. The van der Waals surface area contributed by atoms with Gasteiger partial charge in [0.05, 0.1) is 6.61 Å². The summed E-state index contributed by atoms with van der Waals surface area (Å²) in [5.74, 6) is -0.838. The number of carbonyl (C=O) groups is 2. The van der Waals surface area contributed by atoms with Crippen LogP contribution in [0.25, 0.3) is 0 Å². The summed E-state index contributed by atoms with van der Waals surface area (Å²) in [6, 6.07) is 4.99. The van der Waals surface area contributed by atoms with Crippen molar-refractivity contribution in [3.8, 4) is 0 Å². The van der Waals surface area contributed by atoms with E-state index in [0.29, 0.717) is 29.8 Å². The summed E-state index contributed by atoms with van der Waals surface area (Å²) in [6.07, 6.45) is 0.480. The fraction of sp³-hybridized carbons (Fsp3) is 0.385. The molecular formula is C13H17N3O3.